The Hall–Kier alpha value is -1.86. The maximum Gasteiger partial charge on any atom is 0.268 e. The van der Waals surface area contributed by atoms with Gasteiger partial charge in [-0.2, -0.15) is 0 Å². The molecular formula is C16H16BrN3O2S. The van der Waals surface area contributed by atoms with E-state index in [1.165, 1.54) is 4.88 Å². The van der Waals surface area contributed by atoms with E-state index in [2.05, 4.69) is 32.8 Å². The number of nitrogens with zero attached hydrogens (tertiary/aromatic N) is 2. The smallest absolute Gasteiger partial charge is 0.268 e. The van der Waals surface area contributed by atoms with E-state index >= 15 is 0 Å². The minimum absolute atomic E-state index is 0.153. The summed E-state index contributed by atoms with van der Waals surface area (Å²) in [5, 5.41) is 3.82. The van der Waals surface area contributed by atoms with Gasteiger partial charge in [-0.3, -0.25) is 4.79 Å². The number of carbonyl (C=O) groups excluding carboxylic acids is 1. The lowest BCUT2D eigenvalue weighted by Gasteiger charge is -2.07. The second kappa shape index (κ2) is 6.33. The van der Waals surface area contributed by atoms with Gasteiger partial charge in [0.15, 0.2) is 10.3 Å². The molecule has 1 N–H and O–H groups in total. The fourth-order valence-electron chi connectivity index (χ4n) is 2.39. The van der Waals surface area contributed by atoms with Gasteiger partial charge in [-0.05, 0) is 29.8 Å². The third-order valence-electron chi connectivity index (χ3n) is 3.58. The Morgan fingerprint density at radius 3 is 2.96 bits per heavy atom. The summed E-state index contributed by atoms with van der Waals surface area (Å²) in [6, 6.07) is 3.60. The summed E-state index contributed by atoms with van der Waals surface area (Å²) >= 11 is 4.91. The van der Waals surface area contributed by atoms with Gasteiger partial charge in [0.05, 0.1) is 17.8 Å². The number of hydrogen-bond acceptors (Lipinski definition) is 4. The third kappa shape index (κ3) is 3.11. The molecule has 0 saturated carbocycles. The van der Waals surface area contributed by atoms with Crippen LogP contribution in [0, 0.1) is 13.8 Å². The number of nitrogens with one attached hydrogen (secondary N) is 1. The molecule has 5 nitrogen and oxygen atoms in total. The zero-order chi connectivity index (χ0) is 16.6. The van der Waals surface area contributed by atoms with Gasteiger partial charge in [0.25, 0.3) is 5.91 Å². The molecule has 1 amide bonds. The number of thiazole rings is 1. The molecule has 0 fully saturated rings. The molecule has 0 atom stereocenters. The lowest BCUT2D eigenvalue weighted by Crippen LogP contribution is -2.25. The van der Waals surface area contributed by atoms with E-state index in [0.717, 1.165) is 16.2 Å². The number of furan rings is 1. The Bertz CT molecular complexity index is 871. The molecule has 7 heteroatoms. The van der Waals surface area contributed by atoms with Crippen LogP contribution in [0.4, 0.5) is 0 Å². The second-order valence-electron chi connectivity index (χ2n) is 5.16. The van der Waals surface area contributed by atoms with Crippen LogP contribution < -0.4 is 5.32 Å². The first kappa shape index (κ1) is 16.0. The van der Waals surface area contributed by atoms with Crippen LogP contribution in [0.3, 0.4) is 0 Å². The molecule has 0 aliphatic rings. The van der Waals surface area contributed by atoms with Crippen molar-refractivity contribution in [3.63, 3.8) is 0 Å². The number of allylic oxidation sites excluding steroid dienone is 1. The molecule has 0 aliphatic heterocycles. The molecule has 3 rings (SSSR count). The van der Waals surface area contributed by atoms with Gasteiger partial charge in [-0.1, -0.05) is 6.08 Å². The zero-order valence-corrected chi connectivity index (χ0v) is 15.3. The van der Waals surface area contributed by atoms with Crippen molar-refractivity contribution < 1.29 is 9.21 Å². The third-order valence-corrected chi connectivity index (χ3v) is 5.04. The number of aryl methyl sites for hydroxylation is 2. The van der Waals surface area contributed by atoms with Crippen LogP contribution in [-0.2, 0) is 13.1 Å². The lowest BCUT2D eigenvalue weighted by atomic mass is 10.4. The predicted molar refractivity (Wildman–Crippen MR) is 94.9 cm³/mol. The summed E-state index contributed by atoms with van der Waals surface area (Å²) in [5.41, 5.74) is 3.10. The number of aromatic nitrogens is 2. The van der Waals surface area contributed by atoms with E-state index in [9.17, 15) is 4.79 Å². The predicted octanol–water partition coefficient (Wildman–Crippen LogP) is 4.19. The molecule has 0 radical (unpaired) electrons. The zero-order valence-electron chi connectivity index (χ0n) is 12.9. The summed E-state index contributed by atoms with van der Waals surface area (Å²) in [5.74, 6) is -0.153. The van der Waals surface area contributed by atoms with E-state index in [-0.39, 0.29) is 5.91 Å². The quantitative estimate of drug-likeness (QED) is 0.661. The summed E-state index contributed by atoms with van der Waals surface area (Å²) < 4.78 is 8.06. The average molecular weight is 394 g/mol. The molecule has 0 spiro atoms. The first-order valence-electron chi connectivity index (χ1n) is 7.10. The monoisotopic (exact) mass is 393 g/mol. The van der Waals surface area contributed by atoms with Crippen LogP contribution in [0.5, 0.6) is 0 Å². The average Bonchev–Trinajstić information content (AvgIpc) is 3.12. The van der Waals surface area contributed by atoms with Crippen molar-refractivity contribution >= 4 is 44.3 Å². The van der Waals surface area contributed by atoms with Crippen LogP contribution in [0.25, 0.3) is 11.1 Å². The summed E-state index contributed by atoms with van der Waals surface area (Å²) in [7, 11) is 0. The highest BCUT2D eigenvalue weighted by Gasteiger charge is 2.18. The summed E-state index contributed by atoms with van der Waals surface area (Å²) in [6.07, 6.45) is 1.75. The van der Waals surface area contributed by atoms with Crippen molar-refractivity contribution in [3.05, 3.63) is 50.7 Å². The van der Waals surface area contributed by atoms with Crippen LogP contribution in [0.1, 0.15) is 26.1 Å². The Balaban J connectivity index is 1.83. The van der Waals surface area contributed by atoms with E-state index in [1.54, 1.807) is 23.5 Å². The Labute approximate surface area is 146 Å². The van der Waals surface area contributed by atoms with E-state index in [0.29, 0.717) is 29.0 Å². The van der Waals surface area contributed by atoms with Crippen LogP contribution in [-0.4, -0.2) is 15.5 Å². The highest BCUT2D eigenvalue weighted by atomic mass is 79.9. The number of halogens is 1. The van der Waals surface area contributed by atoms with Crippen LogP contribution in [0.15, 0.2) is 33.9 Å². The topological polar surface area (TPSA) is 60.1 Å². The fourth-order valence-corrected chi connectivity index (χ4v) is 3.65. The molecule has 3 heterocycles. The van der Waals surface area contributed by atoms with Crippen molar-refractivity contribution in [2.24, 2.45) is 0 Å². The lowest BCUT2D eigenvalue weighted by molar-refractivity contribution is 0.0942. The van der Waals surface area contributed by atoms with Crippen molar-refractivity contribution in [2.45, 2.75) is 26.9 Å². The molecule has 0 unspecified atom stereocenters. The van der Waals surface area contributed by atoms with Gasteiger partial charge in [-0.15, -0.1) is 17.9 Å². The molecule has 0 bridgehead atoms. The maximum absolute atomic E-state index is 12.5. The molecular weight excluding hydrogens is 378 g/mol. The fraction of sp³-hybridized carbons (Fsp3) is 0.250. The Morgan fingerprint density at radius 1 is 1.52 bits per heavy atom. The SMILES string of the molecule is C=CCn1c(C(=O)NCc2nc(C)c(C)s2)cc2oc(Br)cc21. The molecule has 0 aromatic carbocycles. The molecule has 3 aromatic rings. The van der Waals surface area contributed by atoms with Gasteiger partial charge < -0.3 is 14.3 Å². The normalized spacial score (nSPS) is 11.1. The minimum Gasteiger partial charge on any atom is -0.448 e. The number of fused-ring (bicyclic) bond motifs is 1. The van der Waals surface area contributed by atoms with Crippen molar-refractivity contribution in [1.82, 2.24) is 14.9 Å². The largest absolute Gasteiger partial charge is 0.448 e. The Morgan fingerprint density at radius 2 is 2.30 bits per heavy atom. The van der Waals surface area contributed by atoms with E-state index in [4.69, 9.17) is 4.42 Å². The second-order valence-corrected chi connectivity index (χ2v) is 7.23. The van der Waals surface area contributed by atoms with Crippen LogP contribution in [0.2, 0.25) is 0 Å². The first-order valence-corrected chi connectivity index (χ1v) is 8.71. The molecule has 3 aromatic heterocycles. The van der Waals surface area contributed by atoms with Crippen LogP contribution >= 0.6 is 27.3 Å². The minimum atomic E-state index is -0.153. The van der Waals surface area contributed by atoms with Crippen molar-refractivity contribution in [2.75, 3.05) is 0 Å². The first-order chi connectivity index (χ1) is 11.0. The maximum atomic E-state index is 12.5. The van der Waals surface area contributed by atoms with Gasteiger partial charge >= 0.3 is 0 Å². The highest BCUT2D eigenvalue weighted by molar-refractivity contribution is 9.10. The molecule has 0 saturated heterocycles. The summed E-state index contributed by atoms with van der Waals surface area (Å²) in [4.78, 5) is 18.1. The molecule has 0 aliphatic carbocycles. The summed E-state index contributed by atoms with van der Waals surface area (Å²) in [6.45, 7) is 8.71. The van der Waals surface area contributed by atoms with Gasteiger partial charge in [0.1, 0.15) is 10.7 Å². The van der Waals surface area contributed by atoms with Gasteiger partial charge in [0.2, 0.25) is 0 Å². The number of rotatable bonds is 5. The Kier molecular flexibility index (Phi) is 4.41. The standard InChI is InChI=1S/C16H16BrN3O2S/c1-4-5-20-11-7-14(17)22-13(11)6-12(20)16(21)18-8-15-19-9(2)10(3)23-15/h4,6-7H,1,5,8H2,2-3H3,(H,18,21). The van der Waals surface area contributed by atoms with Gasteiger partial charge in [-0.25, -0.2) is 4.98 Å². The van der Waals surface area contributed by atoms with Gasteiger partial charge in [0, 0.05) is 23.6 Å². The number of hydrogen-bond donors (Lipinski definition) is 1. The van der Waals surface area contributed by atoms with Crippen molar-refractivity contribution in [3.8, 4) is 0 Å². The van der Waals surface area contributed by atoms with E-state index < -0.39 is 0 Å². The molecule has 23 heavy (non-hydrogen) atoms. The number of amides is 1. The highest BCUT2D eigenvalue weighted by Crippen LogP contribution is 2.27. The number of carbonyl (C=O) groups is 1. The molecule has 120 valence electrons. The van der Waals surface area contributed by atoms with E-state index in [1.807, 2.05) is 24.5 Å². The van der Waals surface area contributed by atoms with Crippen molar-refractivity contribution in [1.29, 1.82) is 0 Å².